The zero-order valence-electron chi connectivity index (χ0n) is 7.05. The lowest BCUT2D eigenvalue weighted by Crippen LogP contribution is -2.39. The Kier molecular flexibility index (Phi) is 3.05. The van der Waals surface area contributed by atoms with E-state index < -0.39 is 0 Å². The lowest BCUT2D eigenvalue weighted by Gasteiger charge is -2.29. The van der Waals surface area contributed by atoms with Gasteiger partial charge in [-0.1, -0.05) is 20.8 Å². The van der Waals surface area contributed by atoms with Gasteiger partial charge >= 0.3 is 0 Å². The minimum Gasteiger partial charge on any atom is -0.315 e. The van der Waals surface area contributed by atoms with Gasteiger partial charge in [0.25, 0.3) is 0 Å². The maximum atomic E-state index is 3.45. The zero-order chi connectivity index (χ0) is 7.56. The van der Waals surface area contributed by atoms with Crippen LogP contribution < -0.4 is 5.32 Å². The molecule has 1 N–H and O–H groups in total. The summed E-state index contributed by atoms with van der Waals surface area (Å²) in [6.45, 7) is 9.29. The van der Waals surface area contributed by atoms with Gasteiger partial charge in [0, 0.05) is 23.6 Å². The molecule has 1 saturated heterocycles. The monoisotopic (exact) mass is 159 g/mol. The molecule has 0 aromatic carbocycles. The molecule has 60 valence electrons. The highest BCUT2D eigenvalue weighted by Crippen LogP contribution is 2.25. The highest BCUT2D eigenvalue weighted by Gasteiger charge is 2.20. The largest absolute Gasteiger partial charge is 0.315 e. The highest BCUT2D eigenvalue weighted by molar-refractivity contribution is 8.00. The summed E-state index contributed by atoms with van der Waals surface area (Å²) in [6.07, 6.45) is 0. The number of hydrogen-bond donors (Lipinski definition) is 1. The van der Waals surface area contributed by atoms with Crippen LogP contribution in [-0.2, 0) is 0 Å². The second-order valence-corrected chi connectivity index (χ2v) is 5.07. The van der Waals surface area contributed by atoms with E-state index in [-0.39, 0.29) is 0 Å². The third-order valence-electron chi connectivity index (χ3n) is 1.93. The smallest absolute Gasteiger partial charge is 0.0198 e. The molecular weight excluding hydrogens is 142 g/mol. The summed E-state index contributed by atoms with van der Waals surface area (Å²) in [4.78, 5) is 0. The molecule has 0 spiro atoms. The van der Waals surface area contributed by atoms with Gasteiger partial charge in [-0.15, -0.1) is 0 Å². The molecule has 0 radical (unpaired) electrons. The van der Waals surface area contributed by atoms with Crippen LogP contribution in [0.2, 0.25) is 0 Å². The van der Waals surface area contributed by atoms with Crippen LogP contribution in [0.25, 0.3) is 0 Å². The van der Waals surface area contributed by atoms with Crippen LogP contribution in [0.1, 0.15) is 20.8 Å². The van der Waals surface area contributed by atoms with Crippen molar-refractivity contribution in [2.45, 2.75) is 31.3 Å². The Bertz CT molecular complexity index is 103. The van der Waals surface area contributed by atoms with Crippen molar-refractivity contribution in [1.29, 1.82) is 0 Å². The van der Waals surface area contributed by atoms with Crippen molar-refractivity contribution < 1.29 is 0 Å². The molecular formula is C8H17NS. The van der Waals surface area contributed by atoms with Gasteiger partial charge < -0.3 is 5.32 Å². The van der Waals surface area contributed by atoms with Crippen LogP contribution in [0.3, 0.4) is 0 Å². The van der Waals surface area contributed by atoms with Crippen LogP contribution in [0, 0.1) is 5.92 Å². The molecule has 1 rings (SSSR count). The van der Waals surface area contributed by atoms with E-state index >= 15 is 0 Å². The Balaban J connectivity index is 2.32. The van der Waals surface area contributed by atoms with Crippen molar-refractivity contribution >= 4 is 11.8 Å². The Morgan fingerprint density at radius 2 is 2.10 bits per heavy atom. The highest BCUT2D eigenvalue weighted by atomic mass is 32.2. The van der Waals surface area contributed by atoms with Gasteiger partial charge in [0.15, 0.2) is 0 Å². The minimum atomic E-state index is 0.807. The van der Waals surface area contributed by atoms with Crippen LogP contribution in [0.15, 0.2) is 0 Å². The predicted octanol–water partition coefficient (Wildman–Crippen LogP) is 1.74. The van der Waals surface area contributed by atoms with E-state index in [1.165, 1.54) is 13.1 Å². The molecule has 0 bridgehead atoms. The topological polar surface area (TPSA) is 12.0 Å². The Labute approximate surface area is 68.0 Å². The molecule has 0 saturated carbocycles. The average molecular weight is 159 g/mol. The normalized spacial score (nSPS) is 34.8. The fourth-order valence-electron chi connectivity index (χ4n) is 1.22. The van der Waals surface area contributed by atoms with E-state index in [4.69, 9.17) is 0 Å². The molecule has 2 unspecified atom stereocenters. The molecule has 1 nitrogen and oxygen atoms in total. The molecule has 1 aliphatic heterocycles. The van der Waals surface area contributed by atoms with Gasteiger partial charge in [0.1, 0.15) is 0 Å². The first kappa shape index (κ1) is 8.41. The van der Waals surface area contributed by atoms with Gasteiger partial charge in [0.05, 0.1) is 0 Å². The number of hydrogen-bond acceptors (Lipinski definition) is 2. The van der Waals surface area contributed by atoms with Crippen LogP contribution in [0.5, 0.6) is 0 Å². The number of rotatable bonds is 1. The summed E-state index contributed by atoms with van der Waals surface area (Å²) < 4.78 is 0. The summed E-state index contributed by atoms with van der Waals surface area (Å²) in [6, 6.07) is 0. The third kappa shape index (κ3) is 2.17. The minimum absolute atomic E-state index is 0.807. The summed E-state index contributed by atoms with van der Waals surface area (Å²) >= 11 is 2.13. The lowest BCUT2D eigenvalue weighted by atomic mass is 10.1. The maximum Gasteiger partial charge on any atom is 0.0198 e. The van der Waals surface area contributed by atoms with Gasteiger partial charge in [-0.05, 0) is 5.92 Å². The summed E-state index contributed by atoms with van der Waals surface area (Å²) in [5.74, 6) is 0.820. The van der Waals surface area contributed by atoms with Gasteiger partial charge in [0.2, 0.25) is 0 Å². The molecule has 0 aromatic rings. The zero-order valence-corrected chi connectivity index (χ0v) is 7.87. The number of thioether (sulfide) groups is 1. The molecule has 1 heterocycles. The standard InChI is InChI=1S/C8H17NS/c1-6(2)8-5-9-4-7(3)10-8/h6-9H,4-5H2,1-3H3. The molecule has 0 amide bonds. The third-order valence-corrected chi connectivity index (χ3v) is 3.62. The Morgan fingerprint density at radius 1 is 1.40 bits per heavy atom. The molecule has 10 heavy (non-hydrogen) atoms. The van der Waals surface area contributed by atoms with Crippen LogP contribution in [-0.4, -0.2) is 23.6 Å². The summed E-state index contributed by atoms with van der Waals surface area (Å²) in [7, 11) is 0. The summed E-state index contributed by atoms with van der Waals surface area (Å²) in [5.41, 5.74) is 0. The molecule has 1 fully saturated rings. The average Bonchev–Trinajstić information content (AvgIpc) is 1.88. The molecule has 1 aliphatic rings. The van der Waals surface area contributed by atoms with Crippen molar-refractivity contribution in [3.63, 3.8) is 0 Å². The van der Waals surface area contributed by atoms with E-state index in [0.717, 1.165) is 16.4 Å². The number of nitrogens with one attached hydrogen (secondary N) is 1. The van der Waals surface area contributed by atoms with E-state index in [1.807, 2.05) is 0 Å². The van der Waals surface area contributed by atoms with Gasteiger partial charge in [-0.25, -0.2) is 0 Å². The predicted molar refractivity (Wildman–Crippen MR) is 48.5 cm³/mol. The van der Waals surface area contributed by atoms with Gasteiger partial charge in [-0.3, -0.25) is 0 Å². The van der Waals surface area contributed by atoms with Crippen molar-refractivity contribution in [3.8, 4) is 0 Å². The maximum absolute atomic E-state index is 3.45. The van der Waals surface area contributed by atoms with E-state index in [2.05, 4.69) is 37.8 Å². The van der Waals surface area contributed by atoms with Crippen molar-refractivity contribution in [2.24, 2.45) is 5.92 Å². The van der Waals surface area contributed by atoms with Crippen LogP contribution >= 0.6 is 11.8 Å². The Hall–Kier alpha value is 0.310. The quantitative estimate of drug-likeness (QED) is 0.625. The molecule has 2 atom stereocenters. The van der Waals surface area contributed by atoms with E-state index in [0.29, 0.717) is 0 Å². The second-order valence-electron chi connectivity index (χ2n) is 3.39. The fraction of sp³-hybridized carbons (Fsp3) is 1.00. The first-order valence-electron chi connectivity index (χ1n) is 4.06. The second kappa shape index (κ2) is 3.63. The molecule has 2 heteroatoms. The van der Waals surface area contributed by atoms with E-state index in [1.54, 1.807) is 0 Å². The molecule has 0 aliphatic carbocycles. The van der Waals surface area contributed by atoms with Crippen LogP contribution in [0.4, 0.5) is 0 Å². The first-order valence-corrected chi connectivity index (χ1v) is 5.00. The Morgan fingerprint density at radius 3 is 2.50 bits per heavy atom. The van der Waals surface area contributed by atoms with Gasteiger partial charge in [-0.2, -0.15) is 11.8 Å². The fourth-order valence-corrected chi connectivity index (χ4v) is 2.56. The van der Waals surface area contributed by atoms with E-state index in [9.17, 15) is 0 Å². The van der Waals surface area contributed by atoms with Crippen molar-refractivity contribution in [1.82, 2.24) is 5.32 Å². The van der Waals surface area contributed by atoms with Crippen molar-refractivity contribution in [3.05, 3.63) is 0 Å². The summed E-state index contributed by atoms with van der Waals surface area (Å²) in [5, 5.41) is 5.09. The first-order chi connectivity index (χ1) is 4.70. The molecule has 0 aromatic heterocycles. The SMILES string of the molecule is CC1CNCC(C(C)C)S1. The van der Waals surface area contributed by atoms with Crippen molar-refractivity contribution in [2.75, 3.05) is 13.1 Å². The lowest BCUT2D eigenvalue weighted by molar-refractivity contribution is 0.532.